The van der Waals surface area contributed by atoms with Gasteiger partial charge >= 0.3 is 0 Å². The van der Waals surface area contributed by atoms with Crippen LogP contribution in [0.5, 0.6) is 0 Å². The molecule has 0 heterocycles. The lowest BCUT2D eigenvalue weighted by Crippen LogP contribution is -2.30. The highest BCUT2D eigenvalue weighted by Crippen LogP contribution is 2.28. The third kappa shape index (κ3) is 4.70. The largest absolute Gasteiger partial charge is 0.310 e. The van der Waals surface area contributed by atoms with Crippen LogP contribution in [-0.4, -0.2) is 25.3 Å². The Morgan fingerprint density at radius 1 is 1.12 bits per heavy atom. The Balaban J connectivity index is 1.79. The minimum atomic E-state index is -3.55. The molecule has 25 heavy (non-hydrogen) atoms. The van der Waals surface area contributed by atoms with E-state index >= 15 is 0 Å². The van der Waals surface area contributed by atoms with E-state index < -0.39 is 10.0 Å². The van der Waals surface area contributed by atoms with Crippen LogP contribution in [0.2, 0.25) is 0 Å². The Hall–Kier alpha value is -1.21. The van der Waals surface area contributed by atoms with Crippen molar-refractivity contribution in [2.24, 2.45) is 0 Å². The lowest BCUT2D eigenvalue weighted by Gasteiger charge is -2.21. The minimum absolute atomic E-state index is 0.320. The van der Waals surface area contributed by atoms with Gasteiger partial charge < -0.3 is 5.32 Å². The van der Waals surface area contributed by atoms with Gasteiger partial charge in [-0.3, -0.25) is 0 Å². The summed E-state index contributed by atoms with van der Waals surface area (Å²) in [5.41, 5.74) is 2.07. The Labute approximate surface area is 158 Å². The molecule has 0 amide bonds. The first-order valence-corrected chi connectivity index (χ1v) is 10.8. The Morgan fingerprint density at radius 2 is 1.84 bits per heavy atom. The zero-order chi connectivity index (χ0) is 17.9. The van der Waals surface area contributed by atoms with Crippen molar-refractivity contribution in [3.8, 4) is 0 Å². The van der Waals surface area contributed by atoms with Gasteiger partial charge in [-0.15, -0.1) is 0 Å². The van der Waals surface area contributed by atoms with Gasteiger partial charge in [0.25, 0.3) is 0 Å². The van der Waals surface area contributed by atoms with E-state index in [4.69, 9.17) is 0 Å². The van der Waals surface area contributed by atoms with Gasteiger partial charge in [-0.2, -0.15) is 4.31 Å². The second-order valence-corrected chi connectivity index (χ2v) is 9.10. The molecule has 134 valence electrons. The first kappa shape index (κ1) is 18.6. The molecular weight excluding hydrogens is 400 g/mol. The summed E-state index contributed by atoms with van der Waals surface area (Å²) in [6.45, 7) is 3.43. The molecule has 0 atom stereocenters. The number of sulfonamides is 1. The first-order valence-electron chi connectivity index (χ1n) is 8.56. The number of halogens is 1. The van der Waals surface area contributed by atoms with Crippen LogP contribution < -0.4 is 5.32 Å². The smallest absolute Gasteiger partial charge is 0.244 e. The molecule has 1 N–H and O–H groups in total. The van der Waals surface area contributed by atoms with Gasteiger partial charge in [0.05, 0.1) is 4.90 Å². The van der Waals surface area contributed by atoms with Gasteiger partial charge in [0, 0.05) is 30.1 Å². The maximum atomic E-state index is 13.1. The van der Waals surface area contributed by atoms with E-state index in [-0.39, 0.29) is 0 Å². The molecular formula is C19H23BrN2O2S. The van der Waals surface area contributed by atoms with Gasteiger partial charge in [0.1, 0.15) is 0 Å². The van der Waals surface area contributed by atoms with Crippen LogP contribution in [0.1, 0.15) is 30.9 Å². The van der Waals surface area contributed by atoms with Crippen molar-refractivity contribution in [1.29, 1.82) is 0 Å². The van der Waals surface area contributed by atoms with Crippen LogP contribution in [0.3, 0.4) is 0 Å². The summed E-state index contributed by atoms with van der Waals surface area (Å²) in [5, 5.41) is 3.44. The molecule has 0 aromatic heterocycles. The molecule has 0 aliphatic heterocycles. The van der Waals surface area contributed by atoms with Crippen molar-refractivity contribution in [2.45, 2.75) is 43.8 Å². The zero-order valence-electron chi connectivity index (χ0n) is 14.3. The number of nitrogens with zero attached hydrogens (tertiary/aromatic N) is 1. The van der Waals surface area contributed by atoms with Crippen LogP contribution in [0.25, 0.3) is 0 Å². The van der Waals surface area contributed by atoms with Gasteiger partial charge in [-0.1, -0.05) is 43.3 Å². The fourth-order valence-corrected chi connectivity index (χ4v) is 5.23. The average Bonchev–Trinajstić information content (AvgIpc) is 3.43. The summed E-state index contributed by atoms with van der Waals surface area (Å²) in [6.07, 6.45) is 2.47. The number of nitrogens with one attached hydrogen (secondary N) is 1. The first-order chi connectivity index (χ1) is 12.0. The van der Waals surface area contributed by atoms with Crippen molar-refractivity contribution in [2.75, 3.05) is 6.54 Å². The quantitative estimate of drug-likeness (QED) is 0.701. The van der Waals surface area contributed by atoms with Crippen molar-refractivity contribution in [3.63, 3.8) is 0 Å². The van der Waals surface area contributed by atoms with Gasteiger partial charge in [-0.25, -0.2) is 8.42 Å². The maximum Gasteiger partial charge on any atom is 0.244 e. The predicted molar refractivity (Wildman–Crippen MR) is 104 cm³/mol. The number of hydrogen-bond acceptors (Lipinski definition) is 3. The third-order valence-electron chi connectivity index (χ3n) is 4.34. The molecule has 1 aliphatic rings. The summed E-state index contributed by atoms with van der Waals surface area (Å²) in [7, 11) is -3.55. The molecule has 1 saturated carbocycles. The van der Waals surface area contributed by atoms with Crippen LogP contribution in [0.15, 0.2) is 57.9 Å². The highest BCUT2D eigenvalue weighted by atomic mass is 79.9. The van der Waals surface area contributed by atoms with E-state index in [0.29, 0.717) is 28.5 Å². The summed E-state index contributed by atoms with van der Waals surface area (Å²) in [6, 6.07) is 15.8. The minimum Gasteiger partial charge on any atom is -0.310 e. The van der Waals surface area contributed by atoms with Crippen molar-refractivity contribution < 1.29 is 8.42 Å². The highest BCUT2D eigenvalue weighted by Gasteiger charge is 2.26. The Morgan fingerprint density at radius 3 is 2.44 bits per heavy atom. The lowest BCUT2D eigenvalue weighted by molar-refractivity contribution is 0.423. The standard InChI is InChI=1S/C19H23BrN2O2S/c1-2-22(14-15-6-4-3-5-7-15)25(23,24)19-11-8-16(12-18(19)20)13-21-17-9-10-17/h3-8,11-12,17,21H,2,9-10,13-14H2,1H3. The molecule has 0 spiro atoms. The molecule has 0 saturated heterocycles. The fraction of sp³-hybridized carbons (Fsp3) is 0.368. The van der Waals surface area contributed by atoms with E-state index in [1.807, 2.05) is 49.4 Å². The molecule has 6 heteroatoms. The van der Waals surface area contributed by atoms with Crippen LogP contribution in [0, 0.1) is 0 Å². The molecule has 4 nitrogen and oxygen atoms in total. The zero-order valence-corrected chi connectivity index (χ0v) is 16.7. The van der Waals surface area contributed by atoms with Crippen LogP contribution >= 0.6 is 15.9 Å². The van der Waals surface area contributed by atoms with Crippen molar-refractivity contribution in [3.05, 3.63) is 64.1 Å². The molecule has 1 fully saturated rings. The summed E-state index contributed by atoms with van der Waals surface area (Å²) in [5.74, 6) is 0. The average molecular weight is 423 g/mol. The molecule has 3 rings (SSSR count). The molecule has 0 bridgehead atoms. The van der Waals surface area contributed by atoms with E-state index in [1.165, 1.54) is 17.1 Å². The number of hydrogen-bond donors (Lipinski definition) is 1. The van der Waals surface area contributed by atoms with Crippen molar-refractivity contribution >= 4 is 26.0 Å². The van der Waals surface area contributed by atoms with E-state index in [2.05, 4.69) is 21.2 Å². The normalized spacial score (nSPS) is 14.8. The fourth-order valence-electron chi connectivity index (χ4n) is 2.71. The molecule has 2 aromatic rings. The Bertz CT molecular complexity index is 821. The van der Waals surface area contributed by atoms with Gasteiger partial charge in [0.15, 0.2) is 0 Å². The summed E-state index contributed by atoms with van der Waals surface area (Å²) >= 11 is 3.45. The van der Waals surface area contributed by atoms with Gasteiger partial charge in [0.2, 0.25) is 10.0 Å². The van der Waals surface area contributed by atoms with Gasteiger partial charge in [-0.05, 0) is 52.0 Å². The molecule has 0 radical (unpaired) electrons. The predicted octanol–water partition coefficient (Wildman–Crippen LogP) is 3.91. The van der Waals surface area contributed by atoms with Crippen LogP contribution in [0.4, 0.5) is 0 Å². The third-order valence-corrected chi connectivity index (χ3v) is 7.24. The van der Waals surface area contributed by atoms with E-state index in [0.717, 1.165) is 17.7 Å². The Kier molecular flexibility index (Phi) is 5.94. The summed E-state index contributed by atoms with van der Waals surface area (Å²) in [4.78, 5) is 0.320. The van der Waals surface area contributed by atoms with Crippen molar-refractivity contribution in [1.82, 2.24) is 9.62 Å². The van der Waals surface area contributed by atoms with E-state index in [9.17, 15) is 8.42 Å². The SMILES string of the molecule is CCN(Cc1ccccc1)S(=O)(=O)c1ccc(CNC2CC2)cc1Br. The topological polar surface area (TPSA) is 49.4 Å². The number of benzene rings is 2. The number of rotatable bonds is 8. The second-order valence-electron chi connectivity index (χ2n) is 6.34. The molecule has 1 aliphatic carbocycles. The monoisotopic (exact) mass is 422 g/mol. The van der Waals surface area contributed by atoms with Crippen LogP contribution in [-0.2, 0) is 23.1 Å². The van der Waals surface area contributed by atoms with E-state index in [1.54, 1.807) is 6.07 Å². The summed E-state index contributed by atoms with van der Waals surface area (Å²) < 4.78 is 28.2. The molecule has 2 aromatic carbocycles. The second kappa shape index (κ2) is 7.99. The lowest BCUT2D eigenvalue weighted by atomic mass is 10.2. The highest BCUT2D eigenvalue weighted by molar-refractivity contribution is 9.10. The maximum absolute atomic E-state index is 13.1. The molecule has 0 unspecified atom stereocenters.